The van der Waals surface area contributed by atoms with Crippen LogP contribution in [0.2, 0.25) is 0 Å². The topological polar surface area (TPSA) is 48.0 Å². The van der Waals surface area contributed by atoms with E-state index < -0.39 is 0 Å². The fourth-order valence-corrected chi connectivity index (χ4v) is 2.59. The van der Waals surface area contributed by atoms with Gasteiger partial charge in [0.05, 0.1) is 5.69 Å². The summed E-state index contributed by atoms with van der Waals surface area (Å²) in [5, 5.41) is 0. The van der Waals surface area contributed by atoms with Crippen LogP contribution in [0.4, 0.5) is 5.69 Å². The van der Waals surface area contributed by atoms with Crippen LogP contribution in [0.5, 0.6) is 0 Å². The third kappa shape index (κ3) is 1.72. The highest BCUT2D eigenvalue weighted by atomic mass is 16.1. The molecule has 1 heterocycles. The van der Waals surface area contributed by atoms with Crippen molar-refractivity contribution >= 4 is 5.69 Å². The lowest BCUT2D eigenvalue weighted by Gasteiger charge is -2.30. The number of fused-ring (bicyclic) bond motifs is 1. The maximum Gasteiger partial charge on any atom is 0.250 e. The van der Waals surface area contributed by atoms with Gasteiger partial charge < -0.3 is 10.3 Å². The molecular formula is C15H16N2O. The van der Waals surface area contributed by atoms with Gasteiger partial charge in [0.25, 0.3) is 5.56 Å². The summed E-state index contributed by atoms with van der Waals surface area (Å²) in [7, 11) is 0. The molecule has 3 nitrogen and oxygen atoms in total. The van der Waals surface area contributed by atoms with Crippen LogP contribution in [0.15, 0.2) is 41.3 Å². The molecule has 18 heavy (non-hydrogen) atoms. The number of hydrogen-bond acceptors (Lipinski definition) is 2. The van der Waals surface area contributed by atoms with E-state index >= 15 is 0 Å². The van der Waals surface area contributed by atoms with E-state index in [-0.39, 0.29) is 5.56 Å². The lowest BCUT2D eigenvalue weighted by Crippen LogP contribution is -2.28. The van der Waals surface area contributed by atoms with Crippen LogP contribution in [0.1, 0.15) is 22.6 Å². The number of pyridine rings is 1. The second kappa shape index (κ2) is 4.02. The molecule has 0 radical (unpaired) electrons. The molecule has 3 heteroatoms. The van der Waals surface area contributed by atoms with Crippen LogP contribution in [-0.4, -0.2) is 4.57 Å². The van der Waals surface area contributed by atoms with E-state index in [0.717, 1.165) is 18.5 Å². The number of nitrogen functional groups attached to an aromatic ring is 1. The lowest BCUT2D eigenvalue weighted by atomic mass is 9.77. The van der Waals surface area contributed by atoms with E-state index in [0.29, 0.717) is 11.6 Å². The monoisotopic (exact) mass is 240 g/mol. The van der Waals surface area contributed by atoms with Gasteiger partial charge in [-0.2, -0.15) is 0 Å². The minimum Gasteiger partial charge on any atom is -0.397 e. The average molecular weight is 240 g/mol. The summed E-state index contributed by atoms with van der Waals surface area (Å²) in [4.78, 5) is 11.9. The van der Waals surface area contributed by atoms with E-state index in [1.165, 1.54) is 11.1 Å². The van der Waals surface area contributed by atoms with Crippen LogP contribution < -0.4 is 11.3 Å². The molecule has 1 aliphatic rings. The SMILES string of the molecule is Cc1cc(=O)n(CC2Cc3ccccc32)cc1N. The normalized spacial score (nSPS) is 17.1. The molecule has 92 valence electrons. The highest BCUT2D eigenvalue weighted by molar-refractivity contribution is 5.43. The van der Waals surface area contributed by atoms with Gasteiger partial charge in [0.1, 0.15) is 0 Å². The third-order valence-corrected chi connectivity index (χ3v) is 3.75. The lowest BCUT2D eigenvalue weighted by molar-refractivity contribution is 0.499. The van der Waals surface area contributed by atoms with Crippen molar-refractivity contribution in [1.82, 2.24) is 4.57 Å². The van der Waals surface area contributed by atoms with Crippen molar-refractivity contribution in [3.63, 3.8) is 0 Å². The summed E-state index contributed by atoms with van der Waals surface area (Å²) >= 11 is 0. The number of hydrogen-bond donors (Lipinski definition) is 1. The van der Waals surface area contributed by atoms with Gasteiger partial charge in [-0.3, -0.25) is 4.79 Å². The molecule has 1 atom stereocenters. The molecular weight excluding hydrogens is 224 g/mol. The quantitative estimate of drug-likeness (QED) is 0.873. The molecule has 0 spiro atoms. The highest BCUT2D eigenvalue weighted by Gasteiger charge is 2.25. The van der Waals surface area contributed by atoms with Crippen molar-refractivity contribution in [3.05, 3.63) is 63.6 Å². The zero-order chi connectivity index (χ0) is 12.7. The maximum atomic E-state index is 11.9. The molecule has 1 aromatic heterocycles. The predicted octanol–water partition coefficient (Wildman–Crippen LogP) is 2.08. The first-order chi connectivity index (χ1) is 8.65. The Morgan fingerprint density at radius 2 is 2.17 bits per heavy atom. The number of nitrogens with zero attached hydrogens (tertiary/aromatic N) is 1. The van der Waals surface area contributed by atoms with Gasteiger partial charge in [-0.25, -0.2) is 0 Å². The second-order valence-corrected chi connectivity index (χ2v) is 5.00. The molecule has 0 amide bonds. The molecule has 1 aliphatic carbocycles. The number of aryl methyl sites for hydroxylation is 1. The van der Waals surface area contributed by atoms with Crippen LogP contribution in [0, 0.1) is 6.92 Å². The molecule has 0 bridgehead atoms. The Hall–Kier alpha value is -2.03. The Kier molecular flexibility index (Phi) is 2.47. The van der Waals surface area contributed by atoms with E-state index in [1.54, 1.807) is 16.8 Å². The summed E-state index contributed by atoms with van der Waals surface area (Å²) in [5.74, 6) is 0.445. The van der Waals surface area contributed by atoms with Crippen molar-refractivity contribution in [1.29, 1.82) is 0 Å². The molecule has 2 aromatic rings. The highest BCUT2D eigenvalue weighted by Crippen LogP contribution is 2.35. The standard InChI is InChI=1S/C15H16N2O/c1-10-6-15(18)17(9-14(10)16)8-12-7-11-4-2-3-5-13(11)12/h2-6,9,12H,7-8,16H2,1H3. The van der Waals surface area contributed by atoms with E-state index in [2.05, 4.69) is 24.3 Å². The van der Waals surface area contributed by atoms with Gasteiger partial charge in [-0.1, -0.05) is 24.3 Å². The summed E-state index contributed by atoms with van der Waals surface area (Å²) in [5.41, 5.74) is 10.2. The predicted molar refractivity (Wildman–Crippen MR) is 72.7 cm³/mol. The molecule has 3 rings (SSSR count). The number of rotatable bonds is 2. The Balaban J connectivity index is 1.88. The van der Waals surface area contributed by atoms with E-state index in [1.807, 2.05) is 6.92 Å². The van der Waals surface area contributed by atoms with Gasteiger partial charge in [0.2, 0.25) is 0 Å². The average Bonchev–Trinajstić information content (AvgIpc) is 2.32. The van der Waals surface area contributed by atoms with Gasteiger partial charge in [-0.05, 0) is 30.0 Å². The van der Waals surface area contributed by atoms with Crippen molar-refractivity contribution in [2.24, 2.45) is 0 Å². The molecule has 0 fully saturated rings. The Morgan fingerprint density at radius 3 is 2.94 bits per heavy atom. The Bertz CT molecular complexity index is 658. The van der Waals surface area contributed by atoms with Crippen molar-refractivity contribution in [3.8, 4) is 0 Å². The first-order valence-corrected chi connectivity index (χ1v) is 6.19. The summed E-state index contributed by atoms with van der Waals surface area (Å²) in [6, 6.07) is 10.0. The van der Waals surface area contributed by atoms with Crippen LogP contribution in [-0.2, 0) is 13.0 Å². The molecule has 1 aromatic carbocycles. The number of anilines is 1. The van der Waals surface area contributed by atoms with Gasteiger partial charge >= 0.3 is 0 Å². The number of aromatic nitrogens is 1. The summed E-state index contributed by atoms with van der Waals surface area (Å²) < 4.78 is 1.73. The fourth-order valence-electron chi connectivity index (χ4n) is 2.59. The van der Waals surface area contributed by atoms with Crippen molar-refractivity contribution in [2.75, 3.05) is 5.73 Å². The summed E-state index contributed by atoms with van der Waals surface area (Å²) in [6.07, 6.45) is 2.81. The molecule has 1 unspecified atom stereocenters. The second-order valence-electron chi connectivity index (χ2n) is 5.00. The van der Waals surface area contributed by atoms with Gasteiger partial charge in [0.15, 0.2) is 0 Å². The Morgan fingerprint density at radius 1 is 1.39 bits per heavy atom. The third-order valence-electron chi connectivity index (χ3n) is 3.75. The molecule has 2 N–H and O–H groups in total. The van der Waals surface area contributed by atoms with Crippen LogP contribution in [0.3, 0.4) is 0 Å². The summed E-state index contributed by atoms with van der Waals surface area (Å²) in [6.45, 7) is 2.58. The number of nitrogens with two attached hydrogens (primary N) is 1. The minimum absolute atomic E-state index is 0.0334. The van der Waals surface area contributed by atoms with Crippen molar-refractivity contribution in [2.45, 2.75) is 25.8 Å². The number of benzene rings is 1. The van der Waals surface area contributed by atoms with Crippen LogP contribution >= 0.6 is 0 Å². The van der Waals surface area contributed by atoms with Crippen LogP contribution in [0.25, 0.3) is 0 Å². The largest absolute Gasteiger partial charge is 0.397 e. The Labute approximate surface area is 106 Å². The van der Waals surface area contributed by atoms with E-state index in [9.17, 15) is 4.79 Å². The zero-order valence-corrected chi connectivity index (χ0v) is 10.4. The van der Waals surface area contributed by atoms with Gasteiger partial charge in [0, 0.05) is 24.7 Å². The van der Waals surface area contributed by atoms with E-state index in [4.69, 9.17) is 5.73 Å². The smallest absolute Gasteiger partial charge is 0.250 e. The van der Waals surface area contributed by atoms with Gasteiger partial charge in [-0.15, -0.1) is 0 Å². The first kappa shape index (κ1) is 11.1. The van der Waals surface area contributed by atoms with Crippen molar-refractivity contribution < 1.29 is 0 Å². The molecule has 0 aliphatic heterocycles. The molecule has 0 saturated heterocycles. The zero-order valence-electron chi connectivity index (χ0n) is 10.4. The molecule has 0 saturated carbocycles. The minimum atomic E-state index is 0.0334. The fraction of sp³-hybridized carbons (Fsp3) is 0.267. The first-order valence-electron chi connectivity index (χ1n) is 6.19. The maximum absolute atomic E-state index is 11.9.